The Morgan fingerprint density at radius 3 is 1.64 bits per heavy atom. The highest BCUT2D eigenvalue weighted by Gasteiger charge is 2.28. The summed E-state index contributed by atoms with van der Waals surface area (Å²) in [4.78, 5) is 10.5. The molecule has 0 spiro atoms. The Kier molecular flexibility index (Phi) is 12.0. The van der Waals surface area contributed by atoms with Gasteiger partial charge in [-0.3, -0.25) is 9.55 Å². The van der Waals surface area contributed by atoms with Crippen LogP contribution in [0.25, 0.3) is 83.9 Å². The van der Waals surface area contributed by atoms with Crippen LogP contribution in [-0.4, -0.2) is 24.3 Å². The van der Waals surface area contributed by atoms with Gasteiger partial charge in [-0.05, 0) is 91.6 Å². The van der Waals surface area contributed by atoms with Gasteiger partial charge in [-0.25, -0.2) is 4.98 Å². The average molecular weight is 967 g/mol. The minimum Gasteiger partial charge on any atom is -0.458 e. The zero-order valence-electron chi connectivity index (χ0n) is 44.1. The van der Waals surface area contributed by atoms with E-state index in [0.29, 0.717) is 17.3 Å². The minimum atomic E-state index is -0.338. The molecule has 0 N–H and O–H groups in total. The first-order valence-corrected chi connectivity index (χ1v) is 25.6. The molecule has 7 nitrogen and oxygen atoms in total. The van der Waals surface area contributed by atoms with E-state index < -0.39 is 0 Å². The van der Waals surface area contributed by atoms with Gasteiger partial charge in [0.25, 0.3) is 0 Å². The van der Waals surface area contributed by atoms with E-state index in [4.69, 9.17) is 19.8 Å². The molecule has 0 bridgehead atoms. The molecule has 0 atom stereocenters. The molecule has 0 fully saturated rings. The number of fused-ring (bicyclic) bond motifs is 3. The highest BCUT2D eigenvalue weighted by molar-refractivity contribution is 6.09. The fourth-order valence-electron chi connectivity index (χ4n) is 9.89. The maximum absolute atomic E-state index is 7.00. The largest absolute Gasteiger partial charge is 0.458 e. The van der Waals surface area contributed by atoms with E-state index in [0.717, 1.165) is 89.3 Å². The highest BCUT2D eigenvalue weighted by Crippen LogP contribution is 2.41. The predicted molar refractivity (Wildman–Crippen MR) is 303 cm³/mol. The first-order chi connectivity index (χ1) is 35.5. The van der Waals surface area contributed by atoms with Crippen LogP contribution in [0.15, 0.2) is 194 Å². The topological polar surface area (TPSA) is 61.6 Å². The summed E-state index contributed by atoms with van der Waals surface area (Å²) in [5, 5.41) is 7.85. The molecule has 0 unspecified atom stereocenters. The Hall–Kier alpha value is -8.42. The van der Waals surface area contributed by atoms with Gasteiger partial charge in [-0.2, -0.15) is 0 Å². The van der Waals surface area contributed by atoms with Crippen molar-refractivity contribution in [3.63, 3.8) is 0 Å². The van der Waals surface area contributed by atoms with Crippen molar-refractivity contribution >= 4 is 21.8 Å². The van der Waals surface area contributed by atoms with E-state index in [9.17, 15) is 0 Å². The van der Waals surface area contributed by atoms with Crippen molar-refractivity contribution in [1.82, 2.24) is 24.3 Å². The molecule has 11 aromatic rings. The van der Waals surface area contributed by atoms with Crippen LogP contribution in [0.1, 0.15) is 84.7 Å². The van der Waals surface area contributed by atoms with Gasteiger partial charge in [0.2, 0.25) is 12.2 Å². The number of hydrogen-bond acceptors (Lipinski definition) is 4. The Morgan fingerprint density at radius 2 is 1.05 bits per heavy atom. The lowest BCUT2D eigenvalue weighted by Crippen LogP contribution is -2.33. The maximum Gasteiger partial charge on any atom is 0.233 e. The normalized spacial score (nSPS) is 12.2. The summed E-state index contributed by atoms with van der Waals surface area (Å²) < 4.78 is 13.2. The van der Waals surface area contributed by atoms with Gasteiger partial charge < -0.3 is 9.30 Å². The average Bonchev–Trinajstić information content (AvgIpc) is 3.99. The van der Waals surface area contributed by atoms with Gasteiger partial charge in [0.1, 0.15) is 17.3 Å². The third-order valence-corrected chi connectivity index (χ3v) is 14.0. The van der Waals surface area contributed by atoms with Crippen molar-refractivity contribution in [2.75, 3.05) is 0 Å². The smallest absolute Gasteiger partial charge is 0.233 e. The van der Waals surface area contributed by atoms with E-state index in [-0.39, 0.29) is 16.2 Å². The van der Waals surface area contributed by atoms with Crippen LogP contribution >= 0.6 is 0 Å². The molecule has 0 radical (unpaired) electrons. The van der Waals surface area contributed by atoms with Gasteiger partial charge >= 0.3 is 0 Å². The molecule has 0 aliphatic heterocycles. The number of hydrogen-bond donors (Lipinski definition) is 0. The second-order valence-electron chi connectivity index (χ2n) is 22.6. The highest BCUT2D eigenvalue weighted by atomic mass is 16.5. The summed E-state index contributed by atoms with van der Waals surface area (Å²) in [6.45, 7) is 22.3. The van der Waals surface area contributed by atoms with Crippen molar-refractivity contribution in [2.45, 2.75) is 85.5 Å². The fraction of sp³-hybridized carbons (Fsp3) is 0.194. The quantitative estimate of drug-likeness (QED) is 0.107. The standard InChI is InChI=1S/C67H62N6O/c1-44-35-61(68-42-57(44)47-27-18-13-19-28-47)73-58-32-21-20-29-55(58)56-34-33-51(39-59(56)73)74-52-40-60(67(8,9)10)69-62(41-52)72-43-71(50-37-48(65(2,3)4)36-49(38-50)66(5,6)7)64(70-72)63-53(45-23-14-11-15-24-45)30-22-31-54(63)46-25-16-12-17-26-46/h11-42H,1-10H3. The van der Waals surface area contributed by atoms with Crippen molar-refractivity contribution in [3.8, 4) is 73.6 Å². The number of ether oxygens (including phenoxy) is 1. The summed E-state index contributed by atoms with van der Waals surface area (Å²) in [5.41, 5.74) is 14.5. The maximum atomic E-state index is 7.00. The molecule has 7 heteroatoms. The molecule has 366 valence electrons. The molecule has 0 aliphatic rings. The van der Waals surface area contributed by atoms with Crippen LogP contribution < -0.4 is 9.30 Å². The summed E-state index contributed by atoms with van der Waals surface area (Å²) in [5.74, 6) is 3.49. The van der Waals surface area contributed by atoms with E-state index in [2.05, 4.69) is 261 Å². The number of aromatic nitrogens is 6. The van der Waals surface area contributed by atoms with Crippen molar-refractivity contribution in [2.24, 2.45) is 0 Å². The number of benzene rings is 7. The van der Waals surface area contributed by atoms with Crippen LogP contribution in [-0.2, 0) is 16.2 Å². The first kappa shape index (κ1) is 47.9. The summed E-state index contributed by atoms with van der Waals surface area (Å²) in [7, 11) is 0. The van der Waals surface area contributed by atoms with Crippen LogP contribution in [0.5, 0.6) is 11.5 Å². The molecule has 0 aliphatic carbocycles. The van der Waals surface area contributed by atoms with Gasteiger partial charge in [-0.1, -0.05) is 208 Å². The lowest BCUT2D eigenvalue weighted by Gasteiger charge is -2.27. The van der Waals surface area contributed by atoms with E-state index in [1.54, 1.807) is 0 Å². The zero-order valence-corrected chi connectivity index (χ0v) is 44.1. The molecule has 4 aromatic heterocycles. The molecular formula is C67H62N6O. The molecule has 0 amide bonds. The first-order valence-electron chi connectivity index (χ1n) is 25.6. The van der Waals surface area contributed by atoms with Gasteiger partial charge in [0.15, 0.2) is 5.82 Å². The third-order valence-electron chi connectivity index (χ3n) is 14.0. The van der Waals surface area contributed by atoms with E-state index in [1.807, 2.05) is 23.0 Å². The van der Waals surface area contributed by atoms with Crippen LogP contribution in [0, 0.1) is 13.3 Å². The Bertz CT molecular complexity index is 3780. The van der Waals surface area contributed by atoms with Gasteiger partial charge in [0.05, 0.1) is 11.0 Å². The monoisotopic (exact) mass is 966 g/mol. The van der Waals surface area contributed by atoms with Crippen LogP contribution in [0.2, 0.25) is 0 Å². The Balaban J connectivity index is 1.10. The molecule has 74 heavy (non-hydrogen) atoms. The summed E-state index contributed by atoms with van der Waals surface area (Å²) in [6.07, 6.45) is 5.76. The number of rotatable bonds is 9. The molecular weight excluding hydrogens is 905 g/mol. The van der Waals surface area contributed by atoms with E-state index >= 15 is 0 Å². The number of para-hydroxylation sites is 1. The zero-order chi connectivity index (χ0) is 51.5. The third kappa shape index (κ3) is 9.19. The SMILES string of the molecule is Cc1cc(-n2c3ccccc3c3ccc(Oc4cc(-n5[c-][n+](-c6cc(C(C)(C)C)cc(C(C)(C)C)c6)c(-c6c(-c7ccccc7)cccc6-c6ccccc6)n5)nc(C(C)(C)C)c4)cc32)ncc1-c1ccccc1. The van der Waals surface area contributed by atoms with Crippen molar-refractivity contribution in [1.29, 1.82) is 0 Å². The lowest BCUT2D eigenvalue weighted by molar-refractivity contribution is -0.589. The summed E-state index contributed by atoms with van der Waals surface area (Å²) >= 11 is 0. The number of nitrogens with zero attached hydrogens (tertiary/aromatic N) is 6. The van der Waals surface area contributed by atoms with Crippen LogP contribution in [0.4, 0.5) is 0 Å². The second kappa shape index (κ2) is 18.6. The van der Waals surface area contributed by atoms with Crippen molar-refractivity contribution in [3.05, 3.63) is 223 Å². The lowest BCUT2D eigenvalue weighted by atomic mass is 9.80. The Morgan fingerprint density at radius 1 is 0.486 bits per heavy atom. The minimum absolute atomic E-state index is 0.126. The number of aryl methyl sites for hydroxylation is 1. The van der Waals surface area contributed by atoms with E-state index in [1.165, 1.54) is 11.1 Å². The number of pyridine rings is 2. The molecule has 0 saturated heterocycles. The molecule has 11 rings (SSSR count). The van der Waals surface area contributed by atoms with Crippen LogP contribution in [0.3, 0.4) is 0 Å². The fourth-order valence-corrected chi connectivity index (χ4v) is 9.89. The summed E-state index contributed by atoms with van der Waals surface area (Å²) in [6, 6.07) is 66.2. The van der Waals surface area contributed by atoms with Gasteiger partial charge in [0, 0.05) is 63.1 Å². The van der Waals surface area contributed by atoms with Crippen molar-refractivity contribution < 1.29 is 9.30 Å². The molecule has 0 saturated carbocycles. The predicted octanol–water partition coefficient (Wildman–Crippen LogP) is 16.5. The molecule has 4 heterocycles. The molecule has 7 aromatic carbocycles. The van der Waals surface area contributed by atoms with Gasteiger partial charge in [-0.15, -0.1) is 4.68 Å². The Labute approximate surface area is 435 Å². The second-order valence-corrected chi connectivity index (χ2v) is 22.6.